The molecule has 2 aromatic heterocycles. The van der Waals surface area contributed by atoms with E-state index in [1.165, 1.54) is 0 Å². The van der Waals surface area contributed by atoms with Gasteiger partial charge in [0.25, 0.3) is 0 Å². The maximum atomic E-state index is 13.2. The zero-order chi connectivity index (χ0) is 22.3. The van der Waals surface area contributed by atoms with Gasteiger partial charge in [-0.05, 0) is 61.1 Å². The third kappa shape index (κ3) is 3.76. The average molecular weight is 452 g/mol. The van der Waals surface area contributed by atoms with Gasteiger partial charge in [-0.25, -0.2) is 9.51 Å². The first-order valence-corrected chi connectivity index (χ1v) is 11.3. The van der Waals surface area contributed by atoms with Crippen molar-refractivity contribution in [3.8, 4) is 0 Å². The molecule has 8 heteroatoms. The number of carbonyl (C=O) groups is 1. The zero-order valence-electron chi connectivity index (χ0n) is 18.0. The molecule has 0 unspecified atom stereocenters. The Kier molecular flexibility index (Phi) is 5.39. The van der Waals surface area contributed by atoms with Gasteiger partial charge in [0, 0.05) is 36.7 Å². The van der Waals surface area contributed by atoms with Crippen LogP contribution in [0.3, 0.4) is 0 Å². The molecule has 2 N–H and O–H groups in total. The first-order chi connectivity index (χ1) is 15.4. The van der Waals surface area contributed by atoms with Crippen molar-refractivity contribution in [2.75, 3.05) is 13.2 Å². The van der Waals surface area contributed by atoms with Gasteiger partial charge in [0.1, 0.15) is 0 Å². The maximum Gasteiger partial charge on any atom is 0.232 e. The Labute approximate surface area is 191 Å². The van der Waals surface area contributed by atoms with Crippen LogP contribution in [0.25, 0.3) is 5.52 Å². The van der Waals surface area contributed by atoms with E-state index in [1.54, 1.807) is 11.1 Å². The Morgan fingerprint density at radius 2 is 2.06 bits per heavy atom. The lowest BCUT2D eigenvalue weighted by atomic mass is 9.85. The predicted molar refractivity (Wildman–Crippen MR) is 124 cm³/mol. The van der Waals surface area contributed by atoms with Gasteiger partial charge in [0.05, 0.1) is 17.5 Å². The summed E-state index contributed by atoms with van der Waals surface area (Å²) in [7, 11) is 0. The van der Waals surface area contributed by atoms with E-state index in [1.807, 2.05) is 48.0 Å². The van der Waals surface area contributed by atoms with Crippen LogP contribution in [-0.4, -0.2) is 45.6 Å². The van der Waals surface area contributed by atoms with Crippen LogP contribution in [-0.2, 0) is 21.5 Å². The number of rotatable bonds is 4. The second-order valence-corrected chi connectivity index (χ2v) is 9.10. The van der Waals surface area contributed by atoms with Crippen molar-refractivity contribution in [2.45, 2.75) is 44.2 Å². The number of halogens is 1. The van der Waals surface area contributed by atoms with Crippen LogP contribution in [0, 0.1) is 0 Å². The molecule has 2 aliphatic rings. The molecular weight excluding hydrogens is 426 g/mol. The van der Waals surface area contributed by atoms with Crippen molar-refractivity contribution in [3.63, 3.8) is 0 Å². The van der Waals surface area contributed by atoms with Crippen LogP contribution < -0.4 is 5.73 Å². The van der Waals surface area contributed by atoms with E-state index < -0.39 is 5.54 Å². The summed E-state index contributed by atoms with van der Waals surface area (Å²) in [4.78, 5) is 19.6. The number of carbonyl (C=O) groups excluding carboxylic acids is 1. The second-order valence-electron chi connectivity index (χ2n) is 8.72. The Bertz CT molecular complexity index is 1200. The molecule has 1 saturated heterocycles. The Morgan fingerprint density at radius 1 is 1.25 bits per heavy atom. The highest BCUT2D eigenvalue weighted by Gasteiger charge is 2.41. The number of aliphatic imine (C=N–C) groups is 1. The van der Waals surface area contributed by atoms with Gasteiger partial charge in [-0.15, -0.1) is 0 Å². The van der Waals surface area contributed by atoms with Gasteiger partial charge in [-0.1, -0.05) is 29.8 Å². The fraction of sp³-hybridized carbons (Fsp3) is 0.375. The van der Waals surface area contributed by atoms with E-state index in [0.29, 0.717) is 24.7 Å². The summed E-state index contributed by atoms with van der Waals surface area (Å²) in [5.41, 5.74) is 9.51. The van der Waals surface area contributed by atoms with E-state index in [4.69, 9.17) is 27.1 Å². The number of fused-ring (bicyclic) bond motifs is 1. The summed E-state index contributed by atoms with van der Waals surface area (Å²) in [5, 5.41) is 4.88. The van der Waals surface area contributed by atoms with Crippen molar-refractivity contribution >= 4 is 29.0 Å². The molecule has 0 aliphatic carbocycles. The summed E-state index contributed by atoms with van der Waals surface area (Å²) < 4.78 is 7.26. The lowest BCUT2D eigenvalue weighted by Gasteiger charge is -2.40. The van der Waals surface area contributed by atoms with Gasteiger partial charge in [0.2, 0.25) is 5.91 Å². The summed E-state index contributed by atoms with van der Waals surface area (Å²) >= 11 is 6.89. The number of hydrogen-bond acceptors (Lipinski definition) is 5. The number of guanidine groups is 1. The van der Waals surface area contributed by atoms with E-state index in [2.05, 4.69) is 11.2 Å². The van der Waals surface area contributed by atoms with Crippen molar-refractivity contribution in [3.05, 3.63) is 70.5 Å². The normalized spacial score (nSPS) is 22.4. The second kappa shape index (κ2) is 8.22. The minimum atomic E-state index is -0.800. The fourth-order valence-electron chi connectivity index (χ4n) is 4.77. The molecule has 1 fully saturated rings. The molecule has 3 aromatic rings. The predicted octanol–water partition coefficient (Wildman–Crippen LogP) is 3.52. The van der Waals surface area contributed by atoms with Gasteiger partial charge in [-0.2, -0.15) is 5.10 Å². The first-order valence-electron chi connectivity index (χ1n) is 10.9. The molecule has 4 heterocycles. The van der Waals surface area contributed by atoms with E-state index in [9.17, 15) is 4.79 Å². The van der Waals surface area contributed by atoms with E-state index in [0.717, 1.165) is 35.0 Å². The number of benzene rings is 1. The van der Waals surface area contributed by atoms with Crippen LogP contribution >= 0.6 is 11.6 Å². The van der Waals surface area contributed by atoms with Crippen molar-refractivity contribution < 1.29 is 9.53 Å². The molecule has 1 amide bonds. The SMILES string of the molecule is C[C@@]1(c2cccc(Cc3ccn4nccc4c3)c2Cl)CC(=O)N(C2CCOCC2)C(N)=N1. The first kappa shape index (κ1) is 21.0. The summed E-state index contributed by atoms with van der Waals surface area (Å²) in [5.74, 6) is 0.253. The Balaban J connectivity index is 1.45. The highest BCUT2D eigenvalue weighted by atomic mass is 35.5. The number of amides is 1. The standard InChI is InChI=1S/C24H26ClN5O2/c1-24(15-21(31)30(23(26)28-24)18-7-11-32-12-8-18)20-4-2-3-17(22(20)25)13-16-6-10-29-19(14-16)5-9-27-29/h2-6,9-10,14,18H,7-8,11-13,15H2,1H3,(H2,26,28)/t24-/m0/s1. The molecular formula is C24H26ClN5O2. The molecule has 7 nitrogen and oxygen atoms in total. The van der Waals surface area contributed by atoms with Gasteiger partial charge in [-0.3, -0.25) is 9.69 Å². The number of nitrogens with zero attached hydrogens (tertiary/aromatic N) is 4. The quantitative estimate of drug-likeness (QED) is 0.657. The lowest BCUT2D eigenvalue weighted by molar-refractivity contribution is -0.132. The molecule has 2 aliphatic heterocycles. The monoisotopic (exact) mass is 451 g/mol. The third-order valence-corrected chi connectivity index (χ3v) is 6.89. The number of hydrogen-bond donors (Lipinski definition) is 1. The molecule has 5 rings (SSSR count). The van der Waals surface area contributed by atoms with Crippen LogP contribution in [0.15, 0.2) is 53.8 Å². The molecule has 32 heavy (non-hydrogen) atoms. The summed E-state index contributed by atoms with van der Waals surface area (Å²) in [6.07, 6.45) is 6.17. The smallest absolute Gasteiger partial charge is 0.232 e. The minimum absolute atomic E-state index is 0.0143. The Hall–Kier alpha value is -2.90. The number of ether oxygens (including phenoxy) is 1. The molecule has 0 bridgehead atoms. The minimum Gasteiger partial charge on any atom is -0.381 e. The highest BCUT2D eigenvalue weighted by Crippen LogP contribution is 2.39. The largest absolute Gasteiger partial charge is 0.381 e. The molecule has 0 spiro atoms. The maximum absolute atomic E-state index is 13.2. The van der Waals surface area contributed by atoms with Crippen molar-refractivity contribution in [1.29, 1.82) is 0 Å². The lowest BCUT2D eigenvalue weighted by Crippen LogP contribution is -2.55. The molecule has 0 saturated carbocycles. The van der Waals surface area contributed by atoms with E-state index in [-0.39, 0.29) is 24.3 Å². The zero-order valence-corrected chi connectivity index (χ0v) is 18.8. The Morgan fingerprint density at radius 3 is 2.84 bits per heavy atom. The summed E-state index contributed by atoms with van der Waals surface area (Å²) in [6, 6.07) is 12.1. The molecule has 1 atom stereocenters. The van der Waals surface area contributed by atoms with Crippen LogP contribution in [0.1, 0.15) is 42.9 Å². The number of nitrogens with two attached hydrogens (primary N) is 1. The van der Waals surface area contributed by atoms with Crippen LogP contribution in [0.4, 0.5) is 0 Å². The van der Waals surface area contributed by atoms with Crippen molar-refractivity contribution in [1.82, 2.24) is 14.5 Å². The van der Waals surface area contributed by atoms with Gasteiger partial charge < -0.3 is 10.5 Å². The average Bonchev–Trinajstić information content (AvgIpc) is 3.23. The third-order valence-electron chi connectivity index (χ3n) is 6.45. The van der Waals surface area contributed by atoms with Crippen LogP contribution in [0.2, 0.25) is 5.02 Å². The molecule has 1 aromatic carbocycles. The fourth-order valence-corrected chi connectivity index (χ4v) is 5.17. The summed E-state index contributed by atoms with van der Waals surface area (Å²) in [6.45, 7) is 3.21. The number of pyridine rings is 1. The van der Waals surface area contributed by atoms with Gasteiger partial charge >= 0.3 is 0 Å². The topological polar surface area (TPSA) is 85.2 Å². The van der Waals surface area contributed by atoms with Crippen LogP contribution in [0.5, 0.6) is 0 Å². The van der Waals surface area contributed by atoms with E-state index >= 15 is 0 Å². The van der Waals surface area contributed by atoms with Crippen molar-refractivity contribution in [2.24, 2.45) is 10.7 Å². The molecule has 166 valence electrons. The van der Waals surface area contributed by atoms with Gasteiger partial charge in [0.15, 0.2) is 5.96 Å². The number of aromatic nitrogens is 2. The molecule has 0 radical (unpaired) electrons. The highest BCUT2D eigenvalue weighted by molar-refractivity contribution is 6.32.